The van der Waals surface area contributed by atoms with Crippen LogP contribution >= 0.6 is 0 Å². The van der Waals surface area contributed by atoms with E-state index in [0.717, 1.165) is 18.9 Å². The monoisotopic (exact) mass is 258 g/mol. The fraction of sp³-hybridized carbons (Fsp3) is 0.455. The normalized spacial score (nSPS) is 16.4. The summed E-state index contributed by atoms with van der Waals surface area (Å²) in [6.45, 7) is 0.0361. The Kier molecular flexibility index (Phi) is 3.42. The number of benzene rings is 1. The highest BCUT2D eigenvalue weighted by Crippen LogP contribution is 2.33. The van der Waals surface area contributed by atoms with Crippen LogP contribution in [0.15, 0.2) is 12.1 Å². The molecule has 0 heterocycles. The van der Waals surface area contributed by atoms with Crippen LogP contribution in [0, 0.1) is 27.7 Å². The zero-order chi connectivity index (χ0) is 13.3. The molecule has 98 valence electrons. The first-order chi connectivity index (χ1) is 8.49. The number of nitrogens with zero attached hydrogens (tertiary/aromatic N) is 1. The molecule has 0 radical (unpaired) electrons. The summed E-state index contributed by atoms with van der Waals surface area (Å²) in [5.41, 5.74) is -1.06. The summed E-state index contributed by atoms with van der Waals surface area (Å²) in [4.78, 5) is 9.77. The van der Waals surface area contributed by atoms with Gasteiger partial charge >= 0.3 is 5.69 Å². The maximum Gasteiger partial charge on any atom is 0.327 e. The number of rotatable bonds is 5. The van der Waals surface area contributed by atoms with Crippen LogP contribution in [0.1, 0.15) is 12.8 Å². The molecule has 5 nitrogen and oxygen atoms in total. The van der Waals surface area contributed by atoms with E-state index < -0.39 is 28.3 Å². The first-order valence-electron chi connectivity index (χ1n) is 5.54. The molecule has 1 aromatic carbocycles. The Morgan fingerprint density at radius 3 is 2.72 bits per heavy atom. The quantitative estimate of drug-likeness (QED) is 0.626. The summed E-state index contributed by atoms with van der Waals surface area (Å²) in [5.74, 6) is -1.96. The van der Waals surface area contributed by atoms with Gasteiger partial charge < -0.3 is 10.4 Å². The number of nitro groups is 1. The van der Waals surface area contributed by atoms with Crippen molar-refractivity contribution in [2.24, 2.45) is 5.92 Å². The molecule has 18 heavy (non-hydrogen) atoms. The van der Waals surface area contributed by atoms with E-state index in [1.807, 2.05) is 0 Å². The van der Waals surface area contributed by atoms with Gasteiger partial charge in [0.15, 0.2) is 0 Å². The van der Waals surface area contributed by atoms with Crippen LogP contribution in [0.3, 0.4) is 0 Å². The standard InChI is InChI=1S/C11H12F2N2O3/c12-7-3-8(13)11(15(17)18)9(4-7)14-5-10(16)6-1-2-6/h3-4,6,10,14,16H,1-2,5H2. The van der Waals surface area contributed by atoms with Crippen molar-refractivity contribution in [1.29, 1.82) is 0 Å². The number of hydrogen-bond donors (Lipinski definition) is 2. The zero-order valence-corrected chi connectivity index (χ0v) is 9.40. The second-order valence-electron chi connectivity index (χ2n) is 4.33. The van der Waals surface area contributed by atoms with E-state index >= 15 is 0 Å². The van der Waals surface area contributed by atoms with E-state index in [0.29, 0.717) is 6.07 Å². The maximum absolute atomic E-state index is 13.3. The van der Waals surface area contributed by atoms with Crippen molar-refractivity contribution in [2.75, 3.05) is 11.9 Å². The van der Waals surface area contributed by atoms with Crippen LogP contribution in [0.4, 0.5) is 20.2 Å². The highest BCUT2D eigenvalue weighted by atomic mass is 19.1. The van der Waals surface area contributed by atoms with E-state index in [1.54, 1.807) is 0 Å². The van der Waals surface area contributed by atoms with Crippen molar-refractivity contribution in [3.63, 3.8) is 0 Å². The van der Waals surface area contributed by atoms with Crippen molar-refractivity contribution < 1.29 is 18.8 Å². The van der Waals surface area contributed by atoms with Crippen LogP contribution < -0.4 is 5.32 Å². The highest BCUT2D eigenvalue weighted by molar-refractivity contribution is 5.62. The summed E-state index contributed by atoms with van der Waals surface area (Å²) in [6.07, 6.45) is 1.15. The Hall–Kier alpha value is -1.76. The van der Waals surface area contributed by atoms with Crippen molar-refractivity contribution in [2.45, 2.75) is 18.9 Å². The van der Waals surface area contributed by atoms with E-state index in [1.165, 1.54) is 0 Å². The molecule has 0 amide bonds. The van der Waals surface area contributed by atoms with Crippen molar-refractivity contribution in [3.8, 4) is 0 Å². The second kappa shape index (κ2) is 4.85. The number of nitrogens with one attached hydrogen (secondary N) is 1. The van der Waals surface area contributed by atoms with E-state index in [4.69, 9.17) is 0 Å². The number of nitro benzene ring substituents is 1. The lowest BCUT2D eigenvalue weighted by molar-refractivity contribution is -0.386. The Morgan fingerprint density at radius 2 is 2.17 bits per heavy atom. The Bertz CT molecular complexity index is 478. The molecule has 1 saturated carbocycles. The van der Waals surface area contributed by atoms with Gasteiger partial charge in [-0.3, -0.25) is 10.1 Å². The first kappa shape index (κ1) is 12.7. The molecule has 0 aliphatic heterocycles. The molecule has 1 aliphatic carbocycles. The molecular formula is C11H12F2N2O3. The molecule has 2 N–H and O–H groups in total. The van der Waals surface area contributed by atoms with Crippen molar-refractivity contribution >= 4 is 11.4 Å². The maximum atomic E-state index is 13.3. The molecule has 0 aromatic heterocycles. The van der Waals surface area contributed by atoms with Crippen molar-refractivity contribution in [1.82, 2.24) is 0 Å². The van der Waals surface area contributed by atoms with Gasteiger partial charge in [-0.15, -0.1) is 0 Å². The summed E-state index contributed by atoms with van der Waals surface area (Å²) in [7, 11) is 0. The first-order valence-corrected chi connectivity index (χ1v) is 5.54. The minimum absolute atomic E-state index is 0.0361. The molecule has 1 aliphatic rings. The van der Waals surface area contributed by atoms with E-state index in [9.17, 15) is 24.0 Å². The molecule has 2 rings (SSSR count). The average Bonchev–Trinajstić information content (AvgIpc) is 3.07. The van der Waals surface area contributed by atoms with Gasteiger partial charge in [-0.1, -0.05) is 0 Å². The molecular weight excluding hydrogens is 246 g/mol. The third-order valence-corrected chi connectivity index (χ3v) is 2.88. The summed E-state index contributed by atoms with van der Waals surface area (Å²) in [6, 6.07) is 1.31. The number of anilines is 1. The predicted molar refractivity (Wildman–Crippen MR) is 60.2 cm³/mol. The largest absolute Gasteiger partial charge is 0.391 e. The molecule has 1 unspecified atom stereocenters. The van der Waals surface area contributed by atoms with Gasteiger partial charge in [0, 0.05) is 18.7 Å². The molecule has 1 atom stereocenters. The van der Waals surface area contributed by atoms with Crippen LogP contribution in [0.5, 0.6) is 0 Å². The summed E-state index contributed by atoms with van der Waals surface area (Å²) < 4.78 is 26.3. The van der Waals surface area contributed by atoms with Gasteiger partial charge in [0.25, 0.3) is 0 Å². The Morgan fingerprint density at radius 1 is 1.50 bits per heavy atom. The number of aliphatic hydroxyl groups excluding tert-OH is 1. The van der Waals surface area contributed by atoms with Crippen LogP contribution in [-0.2, 0) is 0 Å². The zero-order valence-electron chi connectivity index (χ0n) is 9.40. The van der Waals surface area contributed by atoms with Crippen LogP contribution in [-0.4, -0.2) is 22.7 Å². The van der Waals surface area contributed by atoms with Gasteiger partial charge in [-0.2, -0.15) is 4.39 Å². The summed E-state index contributed by atoms with van der Waals surface area (Å²) >= 11 is 0. The van der Waals surface area contributed by atoms with Gasteiger partial charge in [0.2, 0.25) is 5.82 Å². The minimum Gasteiger partial charge on any atom is -0.391 e. The van der Waals surface area contributed by atoms with Crippen molar-refractivity contribution in [3.05, 3.63) is 33.9 Å². The smallest absolute Gasteiger partial charge is 0.327 e. The molecule has 7 heteroatoms. The van der Waals surface area contributed by atoms with Crippen LogP contribution in [0.2, 0.25) is 0 Å². The lowest BCUT2D eigenvalue weighted by Gasteiger charge is -2.12. The molecule has 1 fully saturated rings. The predicted octanol–water partition coefficient (Wildman–Crippen LogP) is 2.06. The Balaban J connectivity index is 2.16. The lowest BCUT2D eigenvalue weighted by atomic mass is 10.2. The highest BCUT2D eigenvalue weighted by Gasteiger charge is 2.30. The molecule has 0 saturated heterocycles. The molecule has 0 spiro atoms. The van der Waals surface area contributed by atoms with E-state index in [-0.39, 0.29) is 18.2 Å². The molecule has 1 aromatic rings. The third-order valence-electron chi connectivity index (χ3n) is 2.88. The number of hydrogen-bond acceptors (Lipinski definition) is 4. The van der Waals surface area contributed by atoms with Gasteiger partial charge in [0.1, 0.15) is 11.5 Å². The fourth-order valence-corrected chi connectivity index (χ4v) is 1.75. The topological polar surface area (TPSA) is 75.4 Å². The average molecular weight is 258 g/mol. The summed E-state index contributed by atoms with van der Waals surface area (Å²) in [5, 5.41) is 22.8. The van der Waals surface area contributed by atoms with Gasteiger partial charge in [-0.05, 0) is 18.8 Å². The SMILES string of the molecule is O=[N+]([O-])c1c(F)cc(F)cc1NCC(O)C1CC1. The number of halogens is 2. The Labute approximate surface area is 102 Å². The van der Waals surface area contributed by atoms with Gasteiger partial charge in [0.05, 0.1) is 11.0 Å². The number of aliphatic hydroxyl groups is 1. The van der Waals surface area contributed by atoms with E-state index in [2.05, 4.69) is 5.32 Å². The van der Waals surface area contributed by atoms with Gasteiger partial charge in [-0.25, -0.2) is 4.39 Å². The fourth-order valence-electron chi connectivity index (χ4n) is 1.75. The second-order valence-corrected chi connectivity index (χ2v) is 4.33. The lowest BCUT2D eigenvalue weighted by Crippen LogP contribution is -2.22. The molecule has 0 bridgehead atoms. The third kappa shape index (κ3) is 2.73. The van der Waals surface area contributed by atoms with Crippen LogP contribution in [0.25, 0.3) is 0 Å². The minimum atomic E-state index is -1.23.